The fourth-order valence-corrected chi connectivity index (χ4v) is 1.73. The lowest BCUT2D eigenvalue weighted by molar-refractivity contribution is -0.138. The highest BCUT2D eigenvalue weighted by Crippen LogP contribution is 2.13. The smallest absolute Gasteiger partial charge is 0.320 e. The molecule has 1 heterocycles. The summed E-state index contributed by atoms with van der Waals surface area (Å²) in [5.41, 5.74) is 8.13. The molecule has 18 heavy (non-hydrogen) atoms. The molecule has 1 aromatic heterocycles. The van der Waals surface area contributed by atoms with Crippen molar-refractivity contribution in [2.75, 3.05) is 0 Å². The predicted octanol–water partition coefficient (Wildman–Crippen LogP) is 1.14. The average molecular weight is 245 g/mol. The maximum atomic E-state index is 10.7. The summed E-state index contributed by atoms with van der Waals surface area (Å²) in [6.07, 6.45) is 2.11. The first-order valence-corrected chi connectivity index (χ1v) is 5.67. The Bertz CT molecular complexity index is 549. The molecule has 0 saturated heterocycles. The molecular weight excluding hydrogens is 230 g/mol. The van der Waals surface area contributed by atoms with E-state index < -0.39 is 12.0 Å². The third kappa shape index (κ3) is 2.57. The molecule has 0 bridgehead atoms. The predicted molar refractivity (Wildman–Crippen MR) is 67.6 cm³/mol. The van der Waals surface area contributed by atoms with Crippen LogP contribution in [0.15, 0.2) is 36.5 Å². The van der Waals surface area contributed by atoms with E-state index >= 15 is 0 Å². The van der Waals surface area contributed by atoms with E-state index in [1.807, 2.05) is 43.5 Å². The lowest BCUT2D eigenvalue weighted by atomic mass is 10.1. The zero-order chi connectivity index (χ0) is 13.1. The van der Waals surface area contributed by atoms with Crippen LogP contribution < -0.4 is 5.73 Å². The summed E-state index contributed by atoms with van der Waals surface area (Å²) >= 11 is 0. The number of aliphatic carboxylic acids is 1. The topological polar surface area (TPSA) is 81.1 Å². The molecule has 0 amide bonds. The normalized spacial score (nSPS) is 12.3. The van der Waals surface area contributed by atoms with Crippen molar-refractivity contribution in [2.24, 2.45) is 5.73 Å². The largest absolute Gasteiger partial charge is 0.480 e. The number of para-hydroxylation sites is 1. The molecule has 0 fully saturated rings. The lowest BCUT2D eigenvalue weighted by Gasteiger charge is -2.04. The van der Waals surface area contributed by atoms with Crippen LogP contribution in [0.25, 0.3) is 5.69 Å². The molecule has 0 radical (unpaired) electrons. The van der Waals surface area contributed by atoms with Gasteiger partial charge < -0.3 is 10.8 Å². The third-order valence-electron chi connectivity index (χ3n) is 2.78. The van der Waals surface area contributed by atoms with Gasteiger partial charge in [0.15, 0.2) is 0 Å². The van der Waals surface area contributed by atoms with Crippen molar-refractivity contribution in [3.8, 4) is 5.69 Å². The van der Waals surface area contributed by atoms with Crippen LogP contribution in [0.5, 0.6) is 0 Å². The SMILES string of the molecule is Cc1nn(-c2ccccc2)cc1CC(N)C(=O)O. The number of hydrogen-bond acceptors (Lipinski definition) is 3. The summed E-state index contributed by atoms with van der Waals surface area (Å²) in [6, 6.07) is 8.77. The van der Waals surface area contributed by atoms with Crippen LogP contribution in [-0.2, 0) is 11.2 Å². The van der Waals surface area contributed by atoms with Crippen LogP contribution in [0.3, 0.4) is 0 Å². The van der Waals surface area contributed by atoms with Gasteiger partial charge in [0.2, 0.25) is 0 Å². The number of aryl methyl sites for hydroxylation is 1. The van der Waals surface area contributed by atoms with Crippen LogP contribution in [0.4, 0.5) is 0 Å². The fraction of sp³-hybridized carbons (Fsp3) is 0.231. The Morgan fingerprint density at radius 1 is 1.44 bits per heavy atom. The Morgan fingerprint density at radius 3 is 2.72 bits per heavy atom. The highest BCUT2D eigenvalue weighted by Gasteiger charge is 2.15. The first-order valence-electron chi connectivity index (χ1n) is 5.67. The molecule has 0 aliphatic carbocycles. The van der Waals surface area contributed by atoms with Crippen molar-refractivity contribution in [3.05, 3.63) is 47.8 Å². The van der Waals surface area contributed by atoms with Crippen molar-refractivity contribution in [1.29, 1.82) is 0 Å². The molecular formula is C13H15N3O2. The molecule has 3 N–H and O–H groups in total. The second-order valence-electron chi connectivity index (χ2n) is 4.17. The summed E-state index contributed by atoms with van der Waals surface area (Å²) in [7, 11) is 0. The van der Waals surface area contributed by atoms with Gasteiger partial charge in [0.1, 0.15) is 6.04 Å². The van der Waals surface area contributed by atoms with Gasteiger partial charge in [-0.1, -0.05) is 18.2 Å². The van der Waals surface area contributed by atoms with Crippen LogP contribution >= 0.6 is 0 Å². The van der Waals surface area contributed by atoms with E-state index in [0.717, 1.165) is 16.9 Å². The molecule has 2 rings (SSSR count). The Labute approximate surface area is 105 Å². The van der Waals surface area contributed by atoms with Gasteiger partial charge in [-0.3, -0.25) is 4.79 Å². The van der Waals surface area contributed by atoms with Crippen LogP contribution in [0.1, 0.15) is 11.3 Å². The molecule has 0 aliphatic rings. The number of nitrogens with zero attached hydrogens (tertiary/aromatic N) is 2. The number of carboxylic acids is 1. The maximum absolute atomic E-state index is 10.7. The van der Waals surface area contributed by atoms with E-state index in [2.05, 4.69) is 5.10 Å². The van der Waals surface area contributed by atoms with E-state index in [9.17, 15) is 4.79 Å². The molecule has 5 heteroatoms. The minimum Gasteiger partial charge on any atom is -0.480 e. The average Bonchev–Trinajstić information content (AvgIpc) is 2.72. The van der Waals surface area contributed by atoms with Gasteiger partial charge in [0.05, 0.1) is 11.4 Å². The minimum absolute atomic E-state index is 0.286. The molecule has 0 saturated carbocycles. The molecule has 94 valence electrons. The molecule has 0 aliphatic heterocycles. The third-order valence-corrected chi connectivity index (χ3v) is 2.78. The number of benzene rings is 1. The van der Waals surface area contributed by atoms with Gasteiger partial charge >= 0.3 is 5.97 Å². The van der Waals surface area contributed by atoms with Crippen molar-refractivity contribution >= 4 is 5.97 Å². The Balaban J connectivity index is 2.25. The van der Waals surface area contributed by atoms with Crippen molar-refractivity contribution < 1.29 is 9.90 Å². The van der Waals surface area contributed by atoms with E-state index in [0.29, 0.717) is 0 Å². The summed E-state index contributed by atoms with van der Waals surface area (Å²) in [6.45, 7) is 1.85. The van der Waals surface area contributed by atoms with Gasteiger partial charge in [-0.15, -0.1) is 0 Å². The Kier molecular flexibility index (Phi) is 3.43. The number of aromatic nitrogens is 2. The van der Waals surface area contributed by atoms with Crippen LogP contribution in [0.2, 0.25) is 0 Å². The first kappa shape index (κ1) is 12.3. The second-order valence-corrected chi connectivity index (χ2v) is 4.17. The van der Waals surface area contributed by atoms with E-state index in [1.54, 1.807) is 4.68 Å². The molecule has 0 spiro atoms. The monoisotopic (exact) mass is 245 g/mol. The van der Waals surface area contributed by atoms with E-state index in [-0.39, 0.29) is 6.42 Å². The number of nitrogens with two attached hydrogens (primary N) is 1. The van der Waals surface area contributed by atoms with Gasteiger partial charge in [0, 0.05) is 12.6 Å². The number of rotatable bonds is 4. The van der Waals surface area contributed by atoms with Crippen molar-refractivity contribution in [1.82, 2.24) is 9.78 Å². The minimum atomic E-state index is -0.998. The van der Waals surface area contributed by atoms with Crippen molar-refractivity contribution in [3.63, 3.8) is 0 Å². The zero-order valence-electron chi connectivity index (χ0n) is 10.1. The first-order chi connectivity index (χ1) is 8.58. The Hall–Kier alpha value is -2.14. The number of carbonyl (C=O) groups is 1. The Morgan fingerprint density at radius 2 is 2.11 bits per heavy atom. The van der Waals surface area contributed by atoms with Crippen LogP contribution in [-0.4, -0.2) is 26.9 Å². The molecule has 2 aromatic rings. The highest BCUT2D eigenvalue weighted by atomic mass is 16.4. The van der Waals surface area contributed by atoms with Crippen molar-refractivity contribution in [2.45, 2.75) is 19.4 Å². The molecule has 1 unspecified atom stereocenters. The van der Waals surface area contributed by atoms with Gasteiger partial charge in [-0.2, -0.15) is 5.10 Å². The second kappa shape index (κ2) is 5.01. The molecule has 1 atom stereocenters. The summed E-state index contributed by atoms with van der Waals surface area (Å²) in [5.74, 6) is -0.998. The number of carboxylic acid groups (broad SMARTS) is 1. The van der Waals surface area contributed by atoms with Crippen LogP contribution in [0, 0.1) is 6.92 Å². The van der Waals surface area contributed by atoms with Gasteiger partial charge in [-0.25, -0.2) is 4.68 Å². The summed E-state index contributed by atoms with van der Waals surface area (Å²) in [4.78, 5) is 10.7. The molecule has 1 aromatic carbocycles. The molecule has 5 nitrogen and oxygen atoms in total. The van der Waals surface area contributed by atoms with E-state index in [1.165, 1.54) is 0 Å². The van der Waals surface area contributed by atoms with Gasteiger partial charge in [-0.05, 0) is 24.6 Å². The summed E-state index contributed by atoms with van der Waals surface area (Å²) in [5, 5.41) is 13.2. The van der Waals surface area contributed by atoms with E-state index in [4.69, 9.17) is 10.8 Å². The fourth-order valence-electron chi connectivity index (χ4n) is 1.73. The lowest BCUT2D eigenvalue weighted by Crippen LogP contribution is -2.32. The zero-order valence-corrected chi connectivity index (χ0v) is 10.1. The van der Waals surface area contributed by atoms with Gasteiger partial charge in [0.25, 0.3) is 0 Å². The highest BCUT2D eigenvalue weighted by molar-refractivity contribution is 5.73. The summed E-state index contributed by atoms with van der Waals surface area (Å²) < 4.78 is 1.74. The number of hydrogen-bond donors (Lipinski definition) is 2. The standard InChI is InChI=1S/C13H15N3O2/c1-9-10(7-12(14)13(17)18)8-16(15-9)11-5-3-2-4-6-11/h2-6,8,12H,7,14H2,1H3,(H,17,18). The quantitative estimate of drug-likeness (QED) is 0.846. The maximum Gasteiger partial charge on any atom is 0.320 e.